The van der Waals surface area contributed by atoms with Crippen LogP contribution < -0.4 is 21.8 Å². The number of anilines is 2. The number of rotatable bonds is 5. The number of halogens is 1. The third-order valence-corrected chi connectivity index (χ3v) is 7.84. The van der Waals surface area contributed by atoms with Gasteiger partial charge in [-0.3, -0.25) is 9.91 Å². The molecule has 1 saturated heterocycles. The molecule has 41 heavy (non-hydrogen) atoms. The number of piperazine rings is 1. The van der Waals surface area contributed by atoms with Gasteiger partial charge in [0.2, 0.25) is 0 Å². The van der Waals surface area contributed by atoms with Gasteiger partial charge in [0.15, 0.2) is 5.82 Å². The van der Waals surface area contributed by atoms with E-state index >= 15 is 4.39 Å². The number of aromatic nitrogens is 2. The highest BCUT2D eigenvalue weighted by atomic mass is 19.1. The summed E-state index contributed by atoms with van der Waals surface area (Å²) in [6, 6.07) is 12.0. The molecular weight excluding hydrogens is 521 g/mol. The van der Waals surface area contributed by atoms with Crippen LogP contribution in [0.5, 0.6) is 0 Å². The Bertz CT molecular complexity index is 1600. The number of hydrogen-bond acceptors (Lipinski definition) is 9. The van der Waals surface area contributed by atoms with Crippen LogP contribution >= 0.6 is 0 Å². The van der Waals surface area contributed by atoms with Crippen molar-refractivity contribution in [3.63, 3.8) is 0 Å². The second-order valence-corrected chi connectivity index (χ2v) is 10.5. The number of nitrogens with one attached hydrogen (secondary N) is 1. The highest BCUT2D eigenvalue weighted by molar-refractivity contribution is 5.97. The molecule has 0 bridgehead atoms. The molecule has 2 aliphatic rings. The summed E-state index contributed by atoms with van der Waals surface area (Å²) in [5, 5.41) is 3.09. The van der Waals surface area contributed by atoms with Crippen LogP contribution in [0.25, 0.3) is 21.9 Å². The highest BCUT2D eigenvalue weighted by Gasteiger charge is 2.35. The summed E-state index contributed by atoms with van der Waals surface area (Å²) in [7, 11) is 2.10. The Morgan fingerprint density at radius 2 is 1.80 bits per heavy atom. The monoisotopic (exact) mass is 559 g/mol. The molecule has 0 radical (unpaired) electrons. The second kappa shape index (κ2) is 11.9. The Hall–Kier alpha value is -3.86. The maximum Gasteiger partial charge on any atom is 0.343 e. The van der Waals surface area contributed by atoms with Gasteiger partial charge in [-0.1, -0.05) is 38.1 Å². The van der Waals surface area contributed by atoms with Crippen LogP contribution in [0, 0.1) is 5.82 Å². The van der Waals surface area contributed by atoms with E-state index < -0.39 is 11.7 Å². The van der Waals surface area contributed by atoms with Gasteiger partial charge < -0.3 is 15.1 Å². The summed E-state index contributed by atoms with van der Waals surface area (Å²) in [4.78, 5) is 26.3. The zero-order chi connectivity index (χ0) is 29.3. The fourth-order valence-corrected chi connectivity index (χ4v) is 5.66. The normalized spacial score (nSPS) is 18.2. The Balaban J connectivity index is 0.00000165. The second-order valence-electron chi connectivity index (χ2n) is 10.5. The quantitative estimate of drug-likeness (QED) is 0.354. The summed E-state index contributed by atoms with van der Waals surface area (Å²) in [6.07, 6.45) is 1.43. The molecule has 2 aromatic heterocycles. The van der Waals surface area contributed by atoms with Gasteiger partial charge in [-0.05, 0) is 44.7 Å². The molecule has 9 nitrogen and oxygen atoms in total. The molecule has 10 heteroatoms. The summed E-state index contributed by atoms with van der Waals surface area (Å²) in [5.41, 5.74) is 12.1. The predicted molar refractivity (Wildman–Crippen MR) is 161 cm³/mol. The lowest BCUT2D eigenvalue weighted by Gasteiger charge is -2.32. The fourth-order valence-electron chi connectivity index (χ4n) is 5.66. The summed E-state index contributed by atoms with van der Waals surface area (Å²) in [6.45, 7) is 12.1. The Morgan fingerprint density at radius 3 is 2.54 bits per heavy atom. The molecule has 2 atom stereocenters. The first kappa shape index (κ1) is 28.7. The molecule has 0 amide bonds. The van der Waals surface area contributed by atoms with E-state index in [2.05, 4.69) is 32.2 Å². The lowest BCUT2D eigenvalue weighted by molar-refractivity contribution is 0.147. The minimum absolute atomic E-state index is 0.125. The Kier molecular flexibility index (Phi) is 8.35. The van der Waals surface area contributed by atoms with Crippen molar-refractivity contribution in [3.8, 4) is 11.1 Å². The van der Waals surface area contributed by atoms with Crippen molar-refractivity contribution in [1.82, 2.24) is 25.2 Å². The molecule has 0 aliphatic carbocycles. The number of nitrogen functional groups attached to an aromatic ring is 1. The largest absolute Gasteiger partial charge is 0.424 e. The predicted octanol–water partition coefficient (Wildman–Crippen LogP) is 4.89. The first-order chi connectivity index (χ1) is 19.8. The van der Waals surface area contributed by atoms with E-state index in [-0.39, 0.29) is 11.9 Å². The van der Waals surface area contributed by atoms with Gasteiger partial charge in [-0.2, -0.15) is 0 Å². The minimum Gasteiger partial charge on any atom is -0.424 e. The number of nitrogens with zero attached hydrogens (tertiary/aromatic N) is 5. The van der Waals surface area contributed by atoms with Crippen molar-refractivity contribution in [1.29, 1.82) is 0 Å². The van der Waals surface area contributed by atoms with Crippen molar-refractivity contribution in [3.05, 3.63) is 81.9 Å². The van der Waals surface area contributed by atoms with Crippen LogP contribution in [0.15, 0.2) is 58.0 Å². The average molecular weight is 560 g/mol. The SMILES string of the molecule is CC.CC1NN(C(C)c2oc(=O)c3ccccc3c2-c2ccc(F)c(CN3CCN(C)CC3)c2)c2ncnc(N)c21. The van der Waals surface area contributed by atoms with Crippen LogP contribution in [-0.2, 0) is 6.54 Å². The van der Waals surface area contributed by atoms with Gasteiger partial charge in [-0.15, -0.1) is 0 Å². The van der Waals surface area contributed by atoms with Crippen LogP contribution in [0.3, 0.4) is 0 Å². The zero-order valence-corrected chi connectivity index (χ0v) is 24.3. The van der Waals surface area contributed by atoms with Crippen molar-refractivity contribution in [2.24, 2.45) is 0 Å². The average Bonchev–Trinajstić information content (AvgIpc) is 3.33. The molecule has 1 fully saturated rings. The highest BCUT2D eigenvalue weighted by Crippen LogP contribution is 2.42. The van der Waals surface area contributed by atoms with E-state index in [9.17, 15) is 4.79 Å². The molecular formula is C31H38FN7O2. The topological polar surface area (TPSA) is 104 Å². The number of benzene rings is 2. The first-order valence-corrected chi connectivity index (χ1v) is 14.2. The van der Waals surface area contributed by atoms with Crippen molar-refractivity contribution >= 4 is 22.4 Å². The van der Waals surface area contributed by atoms with Crippen molar-refractivity contribution in [2.45, 2.75) is 46.3 Å². The fraction of sp³-hybridized carbons (Fsp3) is 0.387. The Labute approximate surface area is 239 Å². The number of fused-ring (bicyclic) bond motifs is 2. The molecule has 3 N–H and O–H groups in total. The van der Waals surface area contributed by atoms with Crippen LogP contribution in [0.1, 0.15) is 56.7 Å². The zero-order valence-electron chi connectivity index (χ0n) is 24.3. The molecule has 4 aromatic rings. The van der Waals surface area contributed by atoms with Crippen molar-refractivity contribution in [2.75, 3.05) is 44.0 Å². The van der Waals surface area contributed by atoms with Gasteiger partial charge in [0.25, 0.3) is 0 Å². The third kappa shape index (κ3) is 5.42. The summed E-state index contributed by atoms with van der Waals surface area (Å²) in [5.74, 6) is 1.26. The smallest absolute Gasteiger partial charge is 0.343 e. The van der Waals surface area contributed by atoms with Gasteiger partial charge in [0, 0.05) is 49.2 Å². The molecule has 2 aliphatic heterocycles. The van der Waals surface area contributed by atoms with Gasteiger partial charge in [0.05, 0.1) is 17.0 Å². The number of hydrogen-bond donors (Lipinski definition) is 2. The molecule has 0 spiro atoms. The van der Waals surface area contributed by atoms with Gasteiger partial charge in [0.1, 0.15) is 29.8 Å². The maximum atomic E-state index is 15.1. The number of nitrogens with two attached hydrogens (primary N) is 1. The summed E-state index contributed by atoms with van der Waals surface area (Å²) >= 11 is 0. The maximum absolute atomic E-state index is 15.1. The number of likely N-dealkylation sites (N-methyl/N-ethyl adjacent to an activating group) is 1. The van der Waals surface area contributed by atoms with E-state index in [0.29, 0.717) is 34.9 Å². The van der Waals surface area contributed by atoms with E-state index in [0.717, 1.165) is 48.3 Å². The van der Waals surface area contributed by atoms with E-state index in [1.807, 2.05) is 57.0 Å². The first-order valence-electron chi connectivity index (χ1n) is 14.2. The Morgan fingerprint density at radius 1 is 1.10 bits per heavy atom. The van der Waals surface area contributed by atoms with Crippen molar-refractivity contribution < 1.29 is 8.81 Å². The van der Waals surface area contributed by atoms with Crippen LogP contribution in [-0.4, -0.2) is 53.0 Å². The van der Waals surface area contributed by atoms with Crippen LogP contribution in [0.2, 0.25) is 0 Å². The molecule has 2 unspecified atom stereocenters. The van der Waals surface area contributed by atoms with Crippen LogP contribution in [0.4, 0.5) is 16.0 Å². The third-order valence-electron chi connectivity index (χ3n) is 7.84. The standard InChI is InChI=1S/C29H32FN7O2.C2H6/c1-17-24-27(31)32-16-33-28(24)37(34-17)18(2)26-25(21-6-4-5-7-22(21)29(38)39-26)19-8-9-23(30)20(14-19)15-36-12-10-35(3)11-13-36;1-2/h4-9,14,16-18,34H,10-13,15H2,1-3H3,(H2,31,32,33);1-2H3. The van der Waals surface area contributed by atoms with Gasteiger partial charge >= 0.3 is 5.63 Å². The molecule has 0 saturated carbocycles. The lowest BCUT2D eigenvalue weighted by atomic mass is 9.94. The molecule has 6 rings (SSSR count). The molecule has 2 aromatic carbocycles. The van der Waals surface area contributed by atoms with Gasteiger partial charge in [-0.25, -0.2) is 24.6 Å². The van der Waals surface area contributed by atoms with E-state index in [1.54, 1.807) is 12.1 Å². The lowest BCUT2D eigenvalue weighted by Crippen LogP contribution is -2.44. The molecule has 4 heterocycles. The number of hydrazine groups is 1. The minimum atomic E-state index is -0.443. The molecule has 216 valence electrons. The van der Waals surface area contributed by atoms with E-state index in [1.165, 1.54) is 12.4 Å². The van der Waals surface area contributed by atoms with E-state index in [4.69, 9.17) is 10.2 Å². The summed E-state index contributed by atoms with van der Waals surface area (Å²) < 4.78 is 21.1.